The van der Waals surface area contributed by atoms with Crippen LogP contribution in [0.2, 0.25) is 0 Å². The van der Waals surface area contributed by atoms with Gasteiger partial charge in [0.15, 0.2) is 11.4 Å². The van der Waals surface area contributed by atoms with Crippen molar-refractivity contribution in [2.24, 2.45) is 0 Å². The molecule has 3 atom stereocenters. The number of piperidine rings is 1. The molecule has 2 fully saturated rings. The fourth-order valence-electron chi connectivity index (χ4n) is 6.54. The van der Waals surface area contributed by atoms with Crippen LogP contribution in [0, 0.1) is 0 Å². The molecule has 2 aliphatic rings. The van der Waals surface area contributed by atoms with Crippen LogP contribution in [0.15, 0.2) is 55.1 Å². The van der Waals surface area contributed by atoms with Gasteiger partial charge in [-0.2, -0.15) is 9.61 Å². The summed E-state index contributed by atoms with van der Waals surface area (Å²) in [6, 6.07) is 11.7. The molecule has 0 aliphatic carbocycles. The van der Waals surface area contributed by atoms with Crippen LogP contribution in [-0.4, -0.2) is 70.5 Å². The van der Waals surface area contributed by atoms with E-state index in [1.165, 1.54) is 17.8 Å². The van der Waals surface area contributed by atoms with Gasteiger partial charge in [0.05, 0.1) is 30.3 Å². The van der Waals surface area contributed by atoms with E-state index in [4.69, 9.17) is 15.5 Å². The van der Waals surface area contributed by atoms with E-state index in [0.717, 1.165) is 41.0 Å². The molecule has 0 unspecified atom stereocenters. The van der Waals surface area contributed by atoms with E-state index in [1.807, 2.05) is 41.3 Å². The van der Waals surface area contributed by atoms with Crippen molar-refractivity contribution in [3.8, 4) is 28.1 Å². The summed E-state index contributed by atoms with van der Waals surface area (Å²) >= 11 is 0. The standard InChI is InChI=1S/C30H29N9O3/c1-16(40)25-26(19-11-20-6-7-21(12-19)38(20)30(41)28-33-15-34-37-28)36-29-23(14-35-39(29)27(25)31)18-5-10-24(32-13-18)17-3-8-22(42-2)9-4-17/h3-5,8-10,13-15,19-21H,6-7,11-12,31H2,1-2H3,(H,33,34,37)/t19-,20-,21+. The van der Waals surface area contributed by atoms with Gasteiger partial charge in [0, 0.05) is 40.9 Å². The second-order valence-corrected chi connectivity index (χ2v) is 10.9. The third-order valence-corrected chi connectivity index (χ3v) is 8.50. The number of pyridine rings is 1. The monoisotopic (exact) mass is 563 g/mol. The van der Waals surface area contributed by atoms with Crippen LogP contribution in [-0.2, 0) is 0 Å². The summed E-state index contributed by atoms with van der Waals surface area (Å²) in [6.45, 7) is 1.51. The molecule has 1 amide bonds. The normalized spacial score (nSPS) is 19.8. The Kier molecular flexibility index (Phi) is 6.18. The minimum Gasteiger partial charge on any atom is -0.497 e. The summed E-state index contributed by atoms with van der Waals surface area (Å²) in [6.07, 6.45) is 8.05. The number of nitrogens with one attached hydrogen (secondary N) is 1. The Morgan fingerprint density at radius 2 is 1.76 bits per heavy atom. The van der Waals surface area contributed by atoms with Gasteiger partial charge in [-0.1, -0.05) is 6.07 Å². The van der Waals surface area contributed by atoms with Gasteiger partial charge in [-0.3, -0.25) is 14.6 Å². The summed E-state index contributed by atoms with van der Waals surface area (Å²) in [5, 5.41) is 12.2. The van der Waals surface area contributed by atoms with E-state index in [2.05, 4.69) is 25.3 Å². The number of Topliss-reactive ketones (excluding diaryl/α,β-unsaturated/α-hetero) is 1. The number of carbonyl (C=O) groups excluding carboxylic acids is 2. The second-order valence-electron chi connectivity index (χ2n) is 10.9. The summed E-state index contributed by atoms with van der Waals surface area (Å²) in [7, 11) is 1.64. The van der Waals surface area contributed by atoms with Crippen LogP contribution in [0.25, 0.3) is 28.0 Å². The molecule has 2 bridgehead atoms. The summed E-state index contributed by atoms with van der Waals surface area (Å²) < 4.78 is 6.79. The van der Waals surface area contributed by atoms with Crippen molar-refractivity contribution in [3.05, 3.63) is 72.2 Å². The Morgan fingerprint density at radius 3 is 2.38 bits per heavy atom. The van der Waals surface area contributed by atoms with Crippen molar-refractivity contribution >= 4 is 23.2 Å². The van der Waals surface area contributed by atoms with E-state index < -0.39 is 0 Å². The SMILES string of the molecule is COc1ccc(-c2ccc(-c3cnn4c(N)c(C(C)=O)c([C@@H]5C[C@H]6CC[C@@H](C5)N6C(=O)c5nnc[nH]5)nc34)cn2)cc1. The van der Waals surface area contributed by atoms with Gasteiger partial charge >= 0.3 is 0 Å². The van der Waals surface area contributed by atoms with E-state index in [9.17, 15) is 9.59 Å². The number of rotatable bonds is 6. The predicted octanol–water partition coefficient (Wildman–Crippen LogP) is 3.92. The first-order valence-electron chi connectivity index (χ1n) is 13.9. The van der Waals surface area contributed by atoms with Crippen LogP contribution in [0.5, 0.6) is 5.75 Å². The van der Waals surface area contributed by atoms with E-state index in [-0.39, 0.29) is 41.3 Å². The highest BCUT2D eigenvalue weighted by Crippen LogP contribution is 2.45. The molecule has 2 saturated heterocycles. The number of nitrogen functional groups attached to an aromatic ring is 1. The van der Waals surface area contributed by atoms with Crippen molar-refractivity contribution < 1.29 is 14.3 Å². The molecular formula is C30H29N9O3. The number of aromatic nitrogens is 7. The third-order valence-electron chi connectivity index (χ3n) is 8.50. The topological polar surface area (TPSA) is 157 Å². The first-order chi connectivity index (χ1) is 20.4. The number of hydrogen-bond donors (Lipinski definition) is 2. The summed E-state index contributed by atoms with van der Waals surface area (Å²) in [4.78, 5) is 40.6. The van der Waals surface area contributed by atoms with Gasteiger partial charge in [0.1, 0.15) is 17.9 Å². The number of anilines is 1. The first-order valence-corrected chi connectivity index (χ1v) is 13.9. The van der Waals surface area contributed by atoms with Gasteiger partial charge in [-0.15, -0.1) is 10.2 Å². The number of fused-ring (bicyclic) bond motifs is 3. The molecule has 1 aromatic carbocycles. The number of H-pyrrole nitrogens is 1. The second kappa shape index (κ2) is 10.1. The molecule has 7 rings (SSSR count). The molecule has 212 valence electrons. The van der Waals surface area contributed by atoms with E-state index in [0.29, 0.717) is 29.7 Å². The average molecular weight is 564 g/mol. The predicted molar refractivity (Wildman–Crippen MR) is 154 cm³/mol. The number of ketones is 1. The Morgan fingerprint density at radius 1 is 1.02 bits per heavy atom. The first kappa shape index (κ1) is 25.8. The number of hydrogen-bond acceptors (Lipinski definition) is 9. The van der Waals surface area contributed by atoms with Crippen LogP contribution >= 0.6 is 0 Å². The number of carbonyl (C=O) groups is 2. The highest BCUT2D eigenvalue weighted by atomic mass is 16.5. The largest absolute Gasteiger partial charge is 0.497 e. The number of nitrogens with two attached hydrogens (primary N) is 1. The zero-order valence-electron chi connectivity index (χ0n) is 23.2. The molecule has 2 aliphatic heterocycles. The maximum absolute atomic E-state index is 13.2. The molecule has 4 aromatic heterocycles. The Hall–Kier alpha value is -5.13. The van der Waals surface area contributed by atoms with Crippen LogP contribution in [0.1, 0.15) is 65.2 Å². The van der Waals surface area contributed by atoms with Gasteiger partial charge in [0.2, 0.25) is 5.82 Å². The molecule has 0 radical (unpaired) electrons. The number of ether oxygens (including phenoxy) is 1. The molecule has 6 heterocycles. The Balaban J connectivity index is 1.24. The van der Waals surface area contributed by atoms with Crippen LogP contribution in [0.4, 0.5) is 5.82 Å². The number of amides is 1. The molecule has 12 nitrogen and oxygen atoms in total. The zero-order chi connectivity index (χ0) is 29.0. The van der Waals surface area contributed by atoms with Gasteiger partial charge in [-0.25, -0.2) is 4.98 Å². The average Bonchev–Trinajstić information content (AvgIpc) is 3.75. The molecule has 42 heavy (non-hydrogen) atoms. The minimum atomic E-state index is -0.160. The fraction of sp³-hybridized carbons (Fsp3) is 0.300. The van der Waals surface area contributed by atoms with Gasteiger partial charge in [-0.05, 0) is 62.9 Å². The highest BCUT2D eigenvalue weighted by molar-refractivity contribution is 6.00. The lowest BCUT2D eigenvalue weighted by Gasteiger charge is -2.38. The van der Waals surface area contributed by atoms with E-state index in [1.54, 1.807) is 19.5 Å². The molecule has 0 spiro atoms. The molecule has 3 N–H and O–H groups in total. The number of benzene rings is 1. The smallest absolute Gasteiger partial charge is 0.292 e. The van der Waals surface area contributed by atoms with Gasteiger partial charge < -0.3 is 20.4 Å². The van der Waals surface area contributed by atoms with Crippen molar-refractivity contribution in [2.45, 2.75) is 50.6 Å². The zero-order valence-corrected chi connectivity index (χ0v) is 23.2. The quantitative estimate of drug-likeness (QED) is 0.292. The van der Waals surface area contributed by atoms with Crippen molar-refractivity contribution in [3.63, 3.8) is 0 Å². The molecular weight excluding hydrogens is 534 g/mol. The number of methoxy groups -OCH3 is 1. The maximum atomic E-state index is 13.2. The van der Waals surface area contributed by atoms with Gasteiger partial charge in [0.25, 0.3) is 5.91 Å². The van der Waals surface area contributed by atoms with Crippen LogP contribution in [0.3, 0.4) is 0 Å². The highest BCUT2D eigenvalue weighted by Gasteiger charge is 2.45. The lowest BCUT2D eigenvalue weighted by molar-refractivity contribution is 0.0556. The van der Waals surface area contributed by atoms with E-state index >= 15 is 0 Å². The molecule has 12 heteroatoms. The Bertz CT molecular complexity index is 1780. The Labute approximate surface area is 241 Å². The maximum Gasteiger partial charge on any atom is 0.292 e. The number of aromatic amines is 1. The molecule has 5 aromatic rings. The fourth-order valence-corrected chi connectivity index (χ4v) is 6.54. The third kappa shape index (κ3) is 4.18. The molecule has 0 saturated carbocycles. The van der Waals surface area contributed by atoms with Crippen molar-refractivity contribution in [2.75, 3.05) is 12.8 Å². The lowest BCUT2D eigenvalue weighted by atomic mass is 9.85. The van der Waals surface area contributed by atoms with Crippen molar-refractivity contribution in [1.29, 1.82) is 0 Å². The van der Waals surface area contributed by atoms with Crippen LogP contribution < -0.4 is 10.5 Å². The minimum absolute atomic E-state index is 0.0180. The number of nitrogens with zero attached hydrogens (tertiary/aromatic N) is 7. The van der Waals surface area contributed by atoms with Crippen molar-refractivity contribution in [1.82, 2.24) is 39.7 Å². The summed E-state index contributed by atoms with van der Waals surface area (Å²) in [5.74, 6) is 0.957. The summed E-state index contributed by atoms with van der Waals surface area (Å²) in [5.41, 5.74) is 11.6. The lowest BCUT2D eigenvalue weighted by Crippen LogP contribution is -2.46.